The first-order valence-corrected chi connectivity index (χ1v) is 10.5. The molecule has 3 aromatic rings. The zero-order chi connectivity index (χ0) is 22.4. The lowest BCUT2D eigenvalue weighted by atomic mass is 10.2. The molecule has 0 spiro atoms. The molecule has 0 bridgehead atoms. The van der Waals surface area contributed by atoms with Crippen LogP contribution >= 0.6 is 0 Å². The fourth-order valence-corrected chi connectivity index (χ4v) is 3.12. The Morgan fingerprint density at radius 2 is 1.23 bits per heavy atom. The lowest BCUT2D eigenvalue weighted by Crippen LogP contribution is -2.21. The Morgan fingerprint density at radius 1 is 0.710 bits per heavy atom. The highest BCUT2D eigenvalue weighted by Gasteiger charge is 2.11. The Bertz CT molecular complexity index is 1200. The van der Waals surface area contributed by atoms with Crippen LogP contribution in [-0.2, 0) is 10.1 Å². The van der Waals surface area contributed by atoms with E-state index >= 15 is 0 Å². The first kappa shape index (κ1) is 21.8. The van der Waals surface area contributed by atoms with Gasteiger partial charge in [-0.2, -0.15) is 8.42 Å². The molecule has 3 rings (SSSR count). The van der Waals surface area contributed by atoms with Gasteiger partial charge in [0.1, 0.15) is 0 Å². The molecular weight excluding hydrogens is 420 g/mol. The highest BCUT2D eigenvalue weighted by molar-refractivity contribution is 7.85. The molecule has 31 heavy (non-hydrogen) atoms. The third-order valence-electron chi connectivity index (χ3n) is 4.19. The zero-order valence-electron chi connectivity index (χ0n) is 16.4. The van der Waals surface area contributed by atoms with Crippen molar-refractivity contribution in [3.8, 4) is 0 Å². The smallest absolute Gasteiger partial charge is 0.308 e. The number of amides is 4. The van der Waals surface area contributed by atoms with E-state index in [0.717, 1.165) is 5.56 Å². The van der Waals surface area contributed by atoms with Gasteiger partial charge in [-0.05, 0) is 61.0 Å². The van der Waals surface area contributed by atoms with Crippen LogP contribution in [0.25, 0.3) is 0 Å². The number of para-hydroxylation sites is 1. The van der Waals surface area contributed by atoms with Gasteiger partial charge >= 0.3 is 12.1 Å². The summed E-state index contributed by atoms with van der Waals surface area (Å²) in [6.45, 7) is 1.80. The summed E-state index contributed by atoms with van der Waals surface area (Å²) in [6, 6.07) is 18.1. The van der Waals surface area contributed by atoms with Gasteiger partial charge in [0, 0.05) is 22.7 Å². The molecule has 0 radical (unpaired) electrons. The second-order valence-corrected chi connectivity index (χ2v) is 7.97. The molecule has 0 aromatic heterocycles. The molecule has 0 aliphatic heterocycles. The summed E-state index contributed by atoms with van der Waals surface area (Å²) < 4.78 is 31.2. The molecule has 0 fully saturated rings. The number of anilines is 4. The third kappa shape index (κ3) is 6.29. The van der Waals surface area contributed by atoms with E-state index in [-0.39, 0.29) is 4.90 Å². The second kappa shape index (κ2) is 9.28. The number of hydrogen-bond acceptors (Lipinski definition) is 4. The maximum atomic E-state index is 12.3. The maximum absolute atomic E-state index is 12.3. The van der Waals surface area contributed by atoms with E-state index in [9.17, 15) is 18.0 Å². The molecule has 9 nitrogen and oxygen atoms in total. The van der Waals surface area contributed by atoms with Crippen molar-refractivity contribution in [2.24, 2.45) is 0 Å². The number of benzene rings is 3. The summed E-state index contributed by atoms with van der Waals surface area (Å²) >= 11 is 0. The summed E-state index contributed by atoms with van der Waals surface area (Å²) in [5, 5.41) is 10.6. The second-order valence-electron chi connectivity index (χ2n) is 6.55. The fourth-order valence-electron chi connectivity index (χ4n) is 2.64. The minimum Gasteiger partial charge on any atom is -0.308 e. The maximum Gasteiger partial charge on any atom is 0.323 e. The highest BCUT2D eigenvalue weighted by atomic mass is 32.2. The zero-order valence-corrected chi connectivity index (χ0v) is 17.2. The summed E-state index contributed by atoms with van der Waals surface area (Å²) in [7, 11) is -4.30. The van der Waals surface area contributed by atoms with Crippen LogP contribution in [0.3, 0.4) is 0 Å². The molecule has 0 atom stereocenters. The van der Waals surface area contributed by atoms with Crippen LogP contribution in [-0.4, -0.2) is 25.0 Å². The topological polar surface area (TPSA) is 137 Å². The number of aryl methyl sites for hydroxylation is 1. The third-order valence-corrected chi connectivity index (χ3v) is 5.05. The van der Waals surface area contributed by atoms with E-state index in [0.29, 0.717) is 22.7 Å². The van der Waals surface area contributed by atoms with Gasteiger partial charge in [0.2, 0.25) is 0 Å². The molecule has 0 heterocycles. The van der Waals surface area contributed by atoms with Crippen molar-refractivity contribution in [3.05, 3.63) is 78.4 Å². The fraction of sp³-hybridized carbons (Fsp3) is 0.0476. The summed E-state index contributed by atoms with van der Waals surface area (Å²) in [5.41, 5.74) is 2.70. The van der Waals surface area contributed by atoms with Crippen LogP contribution in [0.15, 0.2) is 77.7 Å². The predicted octanol–water partition coefficient (Wildman–Crippen LogP) is 4.53. The highest BCUT2D eigenvalue weighted by Crippen LogP contribution is 2.21. The van der Waals surface area contributed by atoms with E-state index < -0.39 is 22.2 Å². The van der Waals surface area contributed by atoms with E-state index in [4.69, 9.17) is 4.55 Å². The van der Waals surface area contributed by atoms with Gasteiger partial charge in [-0.3, -0.25) is 4.55 Å². The van der Waals surface area contributed by atoms with Gasteiger partial charge < -0.3 is 21.3 Å². The van der Waals surface area contributed by atoms with Crippen molar-refractivity contribution < 1.29 is 22.6 Å². The lowest BCUT2D eigenvalue weighted by Gasteiger charge is -2.13. The number of hydrogen-bond donors (Lipinski definition) is 5. The molecule has 10 heteroatoms. The van der Waals surface area contributed by atoms with Crippen molar-refractivity contribution >= 4 is 44.9 Å². The Kier molecular flexibility index (Phi) is 6.53. The largest absolute Gasteiger partial charge is 0.323 e. The Hall–Kier alpha value is -3.89. The minimum absolute atomic E-state index is 0.276. The van der Waals surface area contributed by atoms with Gasteiger partial charge in [-0.25, -0.2) is 9.59 Å². The molecule has 0 aliphatic carbocycles. The first-order valence-electron chi connectivity index (χ1n) is 9.10. The molecule has 160 valence electrons. The van der Waals surface area contributed by atoms with Crippen molar-refractivity contribution in [2.45, 2.75) is 11.8 Å². The minimum atomic E-state index is -4.30. The van der Waals surface area contributed by atoms with Gasteiger partial charge in [-0.1, -0.05) is 24.3 Å². The summed E-state index contributed by atoms with van der Waals surface area (Å²) in [6.07, 6.45) is 0. The van der Waals surface area contributed by atoms with E-state index in [2.05, 4.69) is 21.3 Å². The monoisotopic (exact) mass is 440 g/mol. The first-order chi connectivity index (χ1) is 14.7. The number of carbonyl (C=O) groups is 2. The number of urea groups is 2. The van der Waals surface area contributed by atoms with Gasteiger partial charge in [0.05, 0.1) is 4.90 Å². The Balaban J connectivity index is 1.63. The molecule has 0 saturated heterocycles. The van der Waals surface area contributed by atoms with Crippen LogP contribution in [0.1, 0.15) is 5.56 Å². The number of nitrogens with one attached hydrogen (secondary N) is 4. The predicted molar refractivity (Wildman–Crippen MR) is 119 cm³/mol. The van der Waals surface area contributed by atoms with Crippen LogP contribution in [0.2, 0.25) is 0 Å². The molecule has 4 amide bonds. The number of carbonyl (C=O) groups excluding carboxylic acids is 2. The summed E-state index contributed by atoms with van der Waals surface area (Å²) in [4.78, 5) is 24.2. The van der Waals surface area contributed by atoms with Crippen LogP contribution in [0.5, 0.6) is 0 Å². The van der Waals surface area contributed by atoms with Crippen molar-refractivity contribution in [1.82, 2.24) is 0 Å². The molecule has 0 unspecified atom stereocenters. The molecule has 0 aliphatic rings. The van der Waals surface area contributed by atoms with Crippen LogP contribution in [0.4, 0.5) is 32.3 Å². The molecule has 3 aromatic carbocycles. The van der Waals surface area contributed by atoms with Gasteiger partial charge in [-0.15, -0.1) is 0 Å². The quantitative estimate of drug-likeness (QED) is 0.371. The average molecular weight is 440 g/mol. The Labute approximate surface area is 179 Å². The van der Waals surface area contributed by atoms with Crippen LogP contribution in [0, 0.1) is 6.92 Å². The standard InChI is InChI=1S/C21H20N4O5S/c1-14-7-8-17(24-20(26)22-15-5-3-2-4-6-15)13-19(14)25-21(27)23-16-9-11-18(12-10-16)31(28,29)30/h2-13H,1H3,(H2,22,24,26)(H2,23,25,27)(H,28,29,30). The van der Waals surface area contributed by atoms with Crippen molar-refractivity contribution in [2.75, 3.05) is 21.3 Å². The summed E-state index contributed by atoms with van der Waals surface area (Å²) in [5.74, 6) is 0. The van der Waals surface area contributed by atoms with Crippen molar-refractivity contribution in [1.29, 1.82) is 0 Å². The molecule has 5 N–H and O–H groups in total. The van der Waals surface area contributed by atoms with E-state index in [1.54, 1.807) is 49.4 Å². The SMILES string of the molecule is Cc1ccc(NC(=O)Nc2ccccc2)cc1NC(=O)Nc1ccc(S(=O)(=O)O)cc1. The average Bonchev–Trinajstić information content (AvgIpc) is 2.71. The number of rotatable bonds is 5. The van der Waals surface area contributed by atoms with Crippen molar-refractivity contribution in [3.63, 3.8) is 0 Å². The Morgan fingerprint density at radius 3 is 1.84 bits per heavy atom. The van der Waals surface area contributed by atoms with E-state index in [1.165, 1.54) is 24.3 Å². The van der Waals surface area contributed by atoms with Gasteiger partial charge in [0.25, 0.3) is 10.1 Å². The molecule has 0 saturated carbocycles. The van der Waals surface area contributed by atoms with Gasteiger partial charge in [0.15, 0.2) is 0 Å². The van der Waals surface area contributed by atoms with Crippen LogP contribution < -0.4 is 21.3 Å². The lowest BCUT2D eigenvalue weighted by molar-refractivity contribution is 0.261. The molecular formula is C21H20N4O5S. The van der Waals surface area contributed by atoms with E-state index in [1.807, 2.05) is 6.07 Å². The normalized spacial score (nSPS) is 10.8.